The van der Waals surface area contributed by atoms with Gasteiger partial charge in [-0.15, -0.1) is 0 Å². The van der Waals surface area contributed by atoms with Crippen LogP contribution >= 0.6 is 0 Å². The molecule has 0 fully saturated rings. The minimum atomic E-state index is -0.00583. The number of rotatable bonds is 7. The molecule has 0 aromatic heterocycles. The fraction of sp³-hybridized carbons (Fsp3) is 0.833. The fourth-order valence-corrected chi connectivity index (χ4v) is 1.30. The first kappa shape index (κ1) is 13.5. The molecule has 0 saturated carbocycles. The lowest BCUT2D eigenvalue weighted by atomic mass is 9.96. The van der Waals surface area contributed by atoms with E-state index in [1.54, 1.807) is 14.2 Å². The van der Waals surface area contributed by atoms with Crippen LogP contribution < -0.4 is 0 Å². The normalized spacial score (nSPS) is 13.8. The van der Waals surface area contributed by atoms with Crippen LogP contribution in [0.3, 0.4) is 0 Å². The Morgan fingerprint density at radius 1 is 1.36 bits per heavy atom. The lowest BCUT2D eigenvalue weighted by Gasteiger charge is -2.23. The van der Waals surface area contributed by atoms with Crippen molar-refractivity contribution >= 4 is 0 Å². The van der Waals surface area contributed by atoms with Gasteiger partial charge in [-0.3, -0.25) is 0 Å². The summed E-state index contributed by atoms with van der Waals surface area (Å²) in [5, 5.41) is 0. The summed E-state index contributed by atoms with van der Waals surface area (Å²) in [5.74, 6) is 1.31. The lowest BCUT2D eigenvalue weighted by molar-refractivity contribution is 0.0126. The molecule has 0 aliphatic rings. The zero-order chi connectivity index (χ0) is 11.2. The van der Waals surface area contributed by atoms with Crippen molar-refractivity contribution in [1.29, 1.82) is 0 Å². The molecule has 0 rings (SSSR count). The highest BCUT2D eigenvalue weighted by Crippen LogP contribution is 2.21. The fourth-order valence-electron chi connectivity index (χ4n) is 1.30. The second-order valence-corrected chi connectivity index (χ2v) is 4.43. The number of hydrogen-bond acceptors (Lipinski definition) is 2. The summed E-state index contributed by atoms with van der Waals surface area (Å²) in [5.41, 5.74) is -0.00583. The maximum absolute atomic E-state index is 5.35. The molecule has 0 aliphatic carbocycles. The summed E-state index contributed by atoms with van der Waals surface area (Å²) in [6.07, 6.45) is 3.33. The largest absolute Gasteiger partial charge is 0.501 e. The van der Waals surface area contributed by atoms with Crippen LogP contribution in [0.4, 0.5) is 0 Å². The highest BCUT2D eigenvalue weighted by molar-refractivity contribution is 4.88. The van der Waals surface area contributed by atoms with Gasteiger partial charge in [-0.1, -0.05) is 13.5 Å². The van der Waals surface area contributed by atoms with E-state index in [0.29, 0.717) is 5.92 Å². The molecule has 0 aromatic rings. The highest BCUT2D eigenvalue weighted by atomic mass is 16.5. The average molecular weight is 200 g/mol. The van der Waals surface area contributed by atoms with E-state index < -0.39 is 0 Å². The first-order valence-electron chi connectivity index (χ1n) is 5.21. The van der Waals surface area contributed by atoms with Gasteiger partial charge < -0.3 is 9.47 Å². The smallest absolute Gasteiger partial charge is 0.0911 e. The zero-order valence-electron chi connectivity index (χ0n) is 10.2. The van der Waals surface area contributed by atoms with Crippen LogP contribution in [0.5, 0.6) is 0 Å². The molecule has 0 aromatic carbocycles. The molecule has 0 bridgehead atoms. The third-order valence-electron chi connectivity index (χ3n) is 2.78. The molecular weight excluding hydrogens is 176 g/mol. The quantitative estimate of drug-likeness (QED) is 0.587. The van der Waals surface area contributed by atoms with Gasteiger partial charge >= 0.3 is 0 Å². The maximum atomic E-state index is 5.35. The molecule has 0 spiro atoms. The van der Waals surface area contributed by atoms with Crippen molar-refractivity contribution in [3.63, 3.8) is 0 Å². The van der Waals surface area contributed by atoms with E-state index in [4.69, 9.17) is 9.47 Å². The first-order chi connectivity index (χ1) is 6.43. The summed E-state index contributed by atoms with van der Waals surface area (Å²) in [6, 6.07) is 0. The predicted molar refractivity (Wildman–Crippen MR) is 60.3 cm³/mol. The Hall–Kier alpha value is -0.500. The van der Waals surface area contributed by atoms with Crippen molar-refractivity contribution in [1.82, 2.24) is 0 Å². The molecular formula is C12H24O2. The van der Waals surface area contributed by atoms with Crippen LogP contribution in [0.25, 0.3) is 0 Å². The number of methoxy groups -OCH3 is 2. The first-order valence-corrected chi connectivity index (χ1v) is 5.21. The molecule has 14 heavy (non-hydrogen) atoms. The van der Waals surface area contributed by atoms with Crippen LogP contribution in [-0.2, 0) is 9.47 Å². The molecule has 0 saturated heterocycles. The van der Waals surface area contributed by atoms with Crippen molar-refractivity contribution in [2.24, 2.45) is 5.92 Å². The van der Waals surface area contributed by atoms with Gasteiger partial charge in [0.15, 0.2) is 0 Å². The average Bonchev–Trinajstić information content (AvgIpc) is 2.16. The van der Waals surface area contributed by atoms with E-state index >= 15 is 0 Å². The van der Waals surface area contributed by atoms with Crippen molar-refractivity contribution in [2.75, 3.05) is 14.2 Å². The van der Waals surface area contributed by atoms with Gasteiger partial charge in [-0.2, -0.15) is 0 Å². The van der Waals surface area contributed by atoms with Crippen molar-refractivity contribution in [2.45, 2.75) is 45.6 Å². The van der Waals surface area contributed by atoms with Crippen LogP contribution in [0, 0.1) is 5.92 Å². The minimum absolute atomic E-state index is 0.00583. The molecule has 0 aliphatic heterocycles. The van der Waals surface area contributed by atoms with Crippen molar-refractivity contribution in [3.05, 3.63) is 12.3 Å². The molecule has 2 heteroatoms. The summed E-state index contributed by atoms with van der Waals surface area (Å²) >= 11 is 0. The highest BCUT2D eigenvalue weighted by Gasteiger charge is 2.16. The monoisotopic (exact) mass is 200 g/mol. The third-order valence-corrected chi connectivity index (χ3v) is 2.78. The van der Waals surface area contributed by atoms with Gasteiger partial charge in [0, 0.05) is 13.0 Å². The topological polar surface area (TPSA) is 18.5 Å². The lowest BCUT2D eigenvalue weighted by Crippen LogP contribution is -2.22. The SMILES string of the molecule is C=C(OC)C(C)CCCC(C)(C)OC. The molecule has 0 radical (unpaired) electrons. The summed E-state index contributed by atoms with van der Waals surface area (Å²) in [6.45, 7) is 10.2. The van der Waals surface area contributed by atoms with Gasteiger partial charge in [0.2, 0.25) is 0 Å². The van der Waals surface area contributed by atoms with Crippen molar-refractivity contribution < 1.29 is 9.47 Å². The van der Waals surface area contributed by atoms with E-state index in [1.807, 2.05) is 0 Å². The molecule has 1 unspecified atom stereocenters. The summed E-state index contributed by atoms with van der Waals surface area (Å²) in [4.78, 5) is 0. The number of hydrogen-bond donors (Lipinski definition) is 0. The Morgan fingerprint density at radius 3 is 2.36 bits per heavy atom. The van der Waals surface area contributed by atoms with Crippen LogP contribution in [-0.4, -0.2) is 19.8 Å². The Bertz CT molecular complexity index is 173. The number of allylic oxidation sites excluding steroid dienone is 1. The second kappa shape index (κ2) is 6.07. The van der Waals surface area contributed by atoms with Gasteiger partial charge in [0.25, 0.3) is 0 Å². The molecule has 84 valence electrons. The Labute approximate surface area is 88.3 Å². The van der Waals surface area contributed by atoms with Gasteiger partial charge in [-0.05, 0) is 33.1 Å². The minimum Gasteiger partial charge on any atom is -0.501 e. The zero-order valence-corrected chi connectivity index (χ0v) is 10.2. The molecule has 0 heterocycles. The van der Waals surface area contributed by atoms with Gasteiger partial charge in [0.1, 0.15) is 0 Å². The third kappa shape index (κ3) is 5.28. The molecule has 0 amide bonds. The van der Waals surface area contributed by atoms with Crippen LogP contribution in [0.2, 0.25) is 0 Å². The summed E-state index contributed by atoms with van der Waals surface area (Å²) < 4.78 is 10.4. The standard InChI is InChI=1S/C12H24O2/c1-10(11(2)13-5)8-7-9-12(3,4)14-6/h10H,2,7-9H2,1,3-6H3. The predicted octanol–water partition coefficient (Wildman–Crippen LogP) is 3.38. The van der Waals surface area contributed by atoms with Crippen molar-refractivity contribution in [3.8, 4) is 0 Å². The Kier molecular flexibility index (Phi) is 5.86. The van der Waals surface area contributed by atoms with E-state index in [1.165, 1.54) is 0 Å². The van der Waals surface area contributed by atoms with E-state index in [0.717, 1.165) is 25.0 Å². The summed E-state index contributed by atoms with van der Waals surface area (Å²) in [7, 11) is 3.44. The van der Waals surface area contributed by atoms with Gasteiger partial charge in [-0.25, -0.2) is 0 Å². The van der Waals surface area contributed by atoms with E-state index in [2.05, 4.69) is 27.4 Å². The molecule has 0 N–H and O–H groups in total. The molecule has 1 atom stereocenters. The maximum Gasteiger partial charge on any atom is 0.0911 e. The Morgan fingerprint density at radius 2 is 1.93 bits per heavy atom. The Balaban J connectivity index is 3.69. The molecule has 2 nitrogen and oxygen atoms in total. The van der Waals surface area contributed by atoms with E-state index in [-0.39, 0.29) is 5.60 Å². The van der Waals surface area contributed by atoms with Crippen LogP contribution in [0.1, 0.15) is 40.0 Å². The second-order valence-electron chi connectivity index (χ2n) is 4.43. The van der Waals surface area contributed by atoms with Gasteiger partial charge in [0.05, 0.1) is 18.5 Å². The van der Waals surface area contributed by atoms with Crippen LogP contribution in [0.15, 0.2) is 12.3 Å². The number of ether oxygens (including phenoxy) is 2. The van der Waals surface area contributed by atoms with E-state index in [9.17, 15) is 0 Å².